The summed E-state index contributed by atoms with van der Waals surface area (Å²) < 4.78 is 45.2. The lowest BCUT2D eigenvalue weighted by atomic mass is 9.84. The van der Waals surface area contributed by atoms with Crippen LogP contribution in [-0.2, 0) is 47.5 Å². The van der Waals surface area contributed by atoms with Gasteiger partial charge in [0, 0.05) is 5.38 Å². The van der Waals surface area contributed by atoms with Crippen LogP contribution in [-0.4, -0.2) is 88.1 Å². The molecule has 0 saturated carbocycles. The third-order valence-corrected chi connectivity index (χ3v) is 7.51. The number of thiazole rings is 1. The zero-order chi connectivity index (χ0) is 36.1. The highest BCUT2D eigenvalue weighted by Gasteiger charge is 2.58. The molecule has 0 bridgehead atoms. The summed E-state index contributed by atoms with van der Waals surface area (Å²) in [5.41, 5.74) is 11.9. The highest BCUT2D eigenvalue weighted by Crippen LogP contribution is 2.33. The first kappa shape index (κ1) is 39.5. The van der Waals surface area contributed by atoms with Gasteiger partial charge in [0.05, 0.1) is 23.8 Å². The average molecular weight is 714 g/mol. The number of nitrogens with zero attached hydrogens (tertiary/aromatic N) is 5. The van der Waals surface area contributed by atoms with Crippen LogP contribution in [0.3, 0.4) is 0 Å². The Labute approximate surface area is 281 Å². The van der Waals surface area contributed by atoms with Crippen molar-refractivity contribution in [3.05, 3.63) is 47.7 Å². The molecule has 1 aliphatic heterocycles. The number of carbonyl (C=O) groups excluding carboxylic acids is 2. The van der Waals surface area contributed by atoms with Gasteiger partial charge >= 0.3 is 10.4 Å². The van der Waals surface area contributed by atoms with E-state index in [0.29, 0.717) is 17.4 Å². The van der Waals surface area contributed by atoms with Crippen LogP contribution in [0.5, 0.6) is 5.75 Å². The normalized spacial score (nSPS) is 15.2. The van der Waals surface area contributed by atoms with Gasteiger partial charge in [0.15, 0.2) is 24.5 Å². The van der Waals surface area contributed by atoms with Crippen molar-refractivity contribution in [2.45, 2.75) is 52.2 Å². The van der Waals surface area contributed by atoms with E-state index in [2.05, 4.69) is 30.6 Å². The molecule has 7 N–H and O–H groups in total. The standard InChI is InChI=1S/C25H32N8O8S2.C2H6.CH2O2/c1-25(2)21(23(35)33(25)41-43(36,37)38)29-22(34)20(19-15-42-24(27)28-19)30-40-12-11-39-18-7-5-16(6-8-18)17-13-31(3)32(14-17)10-4-9-26;1-2;2-1-3/h5-8,13-15,21H,4,9-12,26H2,1-3H3,(H3-,27,28,29,34,36,37,38);1-2H3;1H,(H,2,3)/p+1/b30-20-;;. The van der Waals surface area contributed by atoms with E-state index in [4.69, 9.17) is 35.5 Å². The van der Waals surface area contributed by atoms with Crippen molar-refractivity contribution >= 4 is 50.9 Å². The minimum Gasteiger partial charge on any atom is -0.490 e. The molecular weight excluding hydrogens is 672 g/mol. The Morgan fingerprint density at radius 3 is 2.42 bits per heavy atom. The molecule has 1 aliphatic rings. The third kappa shape index (κ3) is 10.7. The van der Waals surface area contributed by atoms with Crippen molar-refractivity contribution < 1.29 is 51.0 Å². The molecule has 4 rings (SSSR count). The summed E-state index contributed by atoms with van der Waals surface area (Å²) in [6.07, 6.45) is 4.98. The summed E-state index contributed by atoms with van der Waals surface area (Å²) in [5, 5.41) is 15.4. The number of carbonyl (C=O) groups is 3. The minimum absolute atomic E-state index is 0.0260. The van der Waals surface area contributed by atoms with Crippen molar-refractivity contribution in [1.82, 2.24) is 20.0 Å². The Morgan fingerprint density at radius 1 is 1.23 bits per heavy atom. The second-order valence-corrected chi connectivity index (χ2v) is 12.0. The molecule has 2 amide bonds. The lowest BCUT2D eigenvalue weighted by molar-refractivity contribution is -0.753. The monoisotopic (exact) mass is 713 g/mol. The number of hydrogen-bond acceptors (Lipinski definition) is 13. The number of carboxylic acid groups (broad SMARTS) is 1. The van der Waals surface area contributed by atoms with Gasteiger partial charge in [-0.3, -0.25) is 18.9 Å². The van der Waals surface area contributed by atoms with Crippen molar-refractivity contribution in [3.8, 4) is 16.9 Å². The zero-order valence-electron chi connectivity index (χ0n) is 27.1. The van der Waals surface area contributed by atoms with Gasteiger partial charge in [-0.15, -0.1) is 20.3 Å². The molecule has 2 aromatic heterocycles. The summed E-state index contributed by atoms with van der Waals surface area (Å²) in [6.45, 7) is 8.15. The predicted molar refractivity (Wildman–Crippen MR) is 175 cm³/mol. The smallest absolute Gasteiger partial charge is 0.418 e. The summed E-state index contributed by atoms with van der Waals surface area (Å²) in [7, 11) is -2.97. The number of aryl methyl sites for hydroxylation is 2. The number of benzene rings is 1. The number of anilines is 1. The Balaban J connectivity index is 0.00000151. The number of ether oxygens (including phenoxy) is 1. The first-order chi connectivity index (χ1) is 22.7. The van der Waals surface area contributed by atoms with E-state index in [9.17, 15) is 18.0 Å². The maximum Gasteiger partial charge on any atom is 0.418 e. The van der Waals surface area contributed by atoms with Crippen LogP contribution < -0.4 is 26.2 Å². The zero-order valence-corrected chi connectivity index (χ0v) is 28.7. The van der Waals surface area contributed by atoms with Gasteiger partial charge in [0.25, 0.3) is 18.3 Å². The SMILES string of the molecule is CC.C[n+]1cc(-c2ccc(OCCO/N=C(\C(=O)NC3C(=O)N(OS(=O)(=O)O)C3(C)C)c3csc(N)n3)cc2)cn1CCCN.O=CO. The first-order valence-corrected chi connectivity index (χ1v) is 16.8. The summed E-state index contributed by atoms with van der Waals surface area (Å²) in [5.74, 6) is -1.12. The number of hydroxylamine groups is 2. The molecule has 3 heterocycles. The summed E-state index contributed by atoms with van der Waals surface area (Å²) >= 11 is 1.07. The molecular formula is C28H41N8O10S2+. The third-order valence-electron chi connectivity index (χ3n) is 6.50. The van der Waals surface area contributed by atoms with Crippen LogP contribution in [0.25, 0.3) is 11.1 Å². The topological polar surface area (TPSA) is 255 Å². The molecule has 18 nitrogen and oxygen atoms in total. The predicted octanol–water partition coefficient (Wildman–Crippen LogP) is 0.734. The van der Waals surface area contributed by atoms with E-state index in [1.807, 2.05) is 56.0 Å². The van der Waals surface area contributed by atoms with Gasteiger partial charge in [-0.25, -0.2) is 4.98 Å². The fourth-order valence-electron chi connectivity index (χ4n) is 4.26. The number of nitrogens with two attached hydrogens (primary N) is 2. The Hall–Kier alpha value is -4.63. The van der Waals surface area contributed by atoms with Crippen molar-refractivity contribution in [2.24, 2.45) is 17.9 Å². The maximum absolute atomic E-state index is 13.1. The number of hydrogen-bond donors (Lipinski definition) is 5. The number of nitrogen functional groups attached to an aromatic ring is 1. The number of oxime groups is 1. The van der Waals surface area contributed by atoms with E-state index in [0.717, 1.165) is 35.4 Å². The average Bonchev–Trinajstić information content (AvgIpc) is 3.65. The molecule has 1 atom stereocenters. The molecule has 1 unspecified atom stereocenters. The second-order valence-electron chi connectivity index (χ2n) is 10.1. The van der Waals surface area contributed by atoms with E-state index < -0.39 is 33.8 Å². The molecule has 1 saturated heterocycles. The quantitative estimate of drug-likeness (QED) is 0.0294. The largest absolute Gasteiger partial charge is 0.490 e. The molecule has 0 aliphatic carbocycles. The van der Waals surface area contributed by atoms with Crippen LogP contribution in [0.2, 0.25) is 0 Å². The molecule has 1 aromatic carbocycles. The number of β-lactam (4-membered cyclic amide) rings is 1. The van der Waals surface area contributed by atoms with Crippen molar-refractivity contribution in [3.63, 3.8) is 0 Å². The van der Waals surface area contributed by atoms with Gasteiger partial charge in [0.1, 0.15) is 24.1 Å². The Kier molecular flexibility index (Phi) is 14.9. The Bertz CT molecular complexity index is 1660. The minimum atomic E-state index is -4.94. The fraction of sp³-hybridized carbons (Fsp3) is 0.429. The van der Waals surface area contributed by atoms with E-state index in [-0.39, 0.29) is 36.2 Å². The number of rotatable bonds is 14. The number of aromatic nitrogens is 3. The highest BCUT2D eigenvalue weighted by molar-refractivity contribution is 7.80. The van der Waals surface area contributed by atoms with Crippen molar-refractivity contribution in [2.75, 3.05) is 25.5 Å². The molecule has 20 heteroatoms. The van der Waals surface area contributed by atoms with Crippen LogP contribution in [0.4, 0.5) is 5.13 Å². The lowest BCUT2D eigenvalue weighted by Gasteiger charge is -2.50. The van der Waals surface area contributed by atoms with Crippen LogP contribution in [0.1, 0.15) is 39.8 Å². The molecule has 0 spiro atoms. The highest BCUT2D eigenvalue weighted by atomic mass is 32.3. The van der Waals surface area contributed by atoms with Gasteiger partial charge in [-0.05, 0) is 44.5 Å². The van der Waals surface area contributed by atoms with E-state index in [1.54, 1.807) is 0 Å². The molecule has 48 heavy (non-hydrogen) atoms. The maximum atomic E-state index is 13.1. The molecule has 3 aromatic rings. The number of amides is 2. The van der Waals surface area contributed by atoms with Crippen molar-refractivity contribution in [1.29, 1.82) is 0 Å². The van der Waals surface area contributed by atoms with Crippen LogP contribution in [0.15, 0.2) is 47.2 Å². The second kappa shape index (κ2) is 18.1. The van der Waals surface area contributed by atoms with E-state index >= 15 is 0 Å². The molecule has 0 radical (unpaired) electrons. The summed E-state index contributed by atoms with van der Waals surface area (Å²) in [6, 6.07) is 6.36. The first-order valence-electron chi connectivity index (χ1n) is 14.5. The van der Waals surface area contributed by atoms with Crippen LogP contribution >= 0.6 is 11.3 Å². The van der Waals surface area contributed by atoms with Crippen LogP contribution in [0, 0.1) is 0 Å². The fourth-order valence-corrected chi connectivity index (χ4v) is 5.26. The number of nitrogens with one attached hydrogen (secondary N) is 1. The Morgan fingerprint density at radius 2 is 1.88 bits per heavy atom. The molecule has 1 fully saturated rings. The molecule has 264 valence electrons. The van der Waals surface area contributed by atoms with Gasteiger partial charge in [-0.1, -0.05) is 31.1 Å². The summed E-state index contributed by atoms with van der Waals surface area (Å²) in [4.78, 5) is 43.2. The van der Waals surface area contributed by atoms with Gasteiger partial charge in [0.2, 0.25) is 6.20 Å². The lowest BCUT2D eigenvalue weighted by Crippen LogP contribution is -2.76. The van der Waals surface area contributed by atoms with Gasteiger partial charge < -0.3 is 31.5 Å². The van der Waals surface area contributed by atoms with E-state index in [1.165, 1.54) is 19.2 Å². The van der Waals surface area contributed by atoms with Gasteiger partial charge in [-0.2, -0.15) is 18.2 Å².